The van der Waals surface area contributed by atoms with Crippen LogP contribution >= 0.6 is 0 Å². The SMILES string of the molecule is O=C(/C=C/c1ccccc1)NC=Cc1ccccc1. The fourth-order valence-electron chi connectivity index (χ4n) is 1.57. The van der Waals surface area contributed by atoms with E-state index in [1.165, 1.54) is 6.08 Å². The Hall–Kier alpha value is -2.61. The molecule has 0 radical (unpaired) electrons. The lowest BCUT2D eigenvalue weighted by Crippen LogP contribution is -2.12. The average molecular weight is 249 g/mol. The predicted octanol–water partition coefficient (Wildman–Crippen LogP) is 3.49. The Labute approximate surface area is 113 Å². The van der Waals surface area contributed by atoms with Crippen molar-refractivity contribution in [2.45, 2.75) is 0 Å². The summed E-state index contributed by atoms with van der Waals surface area (Å²) in [5.74, 6) is -0.143. The van der Waals surface area contributed by atoms with E-state index in [9.17, 15) is 4.79 Å². The summed E-state index contributed by atoms with van der Waals surface area (Å²) in [6.07, 6.45) is 6.80. The number of carbonyl (C=O) groups excluding carboxylic acids is 1. The van der Waals surface area contributed by atoms with Crippen molar-refractivity contribution in [3.8, 4) is 0 Å². The van der Waals surface area contributed by atoms with Crippen LogP contribution in [0.15, 0.2) is 72.9 Å². The van der Waals surface area contributed by atoms with Gasteiger partial charge in [-0.25, -0.2) is 0 Å². The van der Waals surface area contributed by atoms with Crippen molar-refractivity contribution >= 4 is 18.1 Å². The molecule has 2 aromatic rings. The Balaban J connectivity index is 1.85. The lowest BCUT2D eigenvalue weighted by molar-refractivity contribution is -0.115. The molecule has 0 unspecified atom stereocenters. The largest absolute Gasteiger partial charge is 0.329 e. The summed E-state index contributed by atoms with van der Waals surface area (Å²) in [6, 6.07) is 19.5. The number of hydrogen-bond acceptors (Lipinski definition) is 1. The molecule has 0 bridgehead atoms. The van der Waals surface area contributed by atoms with Crippen molar-refractivity contribution in [1.29, 1.82) is 0 Å². The molecule has 0 saturated carbocycles. The molecule has 0 atom stereocenters. The molecule has 0 aliphatic carbocycles. The van der Waals surface area contributed by atoms with Crippen LogP contribution in [0.3, 0.4) is 0 Å². The molecule has 2 heteroatoms. The van der Waals surface area contributed by atoms with Crippen molar-refractivity contribution in [2.75, 3.05) is 0 Å². The summed E-state index contributed by atoms with van der Waals surface area (Å²) < 4.78 is 0. The zero-order valence-electron chi connectivity index (χ0n) is 10.5. The van der Waals surface area contributed by atoms with Crippen molar-refractivity contribution in [3.05, 3.63) is 84.1 Å². The third kappa shape index (κ3) is 4.64. The van der Waals surface area contributed by atoms with E-state index in [0.717, 1.165) is 11.1 Å². The van der Waals surface area contributed by atoms with Crippen LogP contribution < -0.4 is 5.32 Å². The van der Waals surface area contributed by atoms with Crippen molar-refractivity contribution < 1.29 is 4.79 Å². The van der Waals surface area contributed by atoms with E-state index in [1.807, 2.05) is 66.7 Å². The summed E-state index contributed by atoms with van der Waals surface area (Å²) in [4.78, 5) is 11.6. The number of carbonyl (C=O) groups is 1. The van der Waals surface area contributed by atoms with Gasteiger partial charge in [0.2, 0.25) is 5.91 Å². The van der Waals surface area contributed by atoms with Crippen LogP contribution in [0.4, 0.5) is 0 Å². The predicted molar refractivity (Wildman–Crippen MR) is 79.1 cm³/mol. The van der Waals surface area contributed by atoms with Gasteiger partial charge in [-0.15, -0.1) is 0 Å². The smallest absolute Gasteiger partial charge is 0.247 e. The van der Waals surface area contributed by atoms with Gasteiger partial charge >= 0.3 is 0 Å². The van der Waals surface area contributed by atoms with Crippen molar-refractivity contribution in [3.63, 3.8) is 0 Å². The topological polar surface area (TPSA) is 29.1 Å². The first kappa shape index (κ1) is 12.8. The van der Waals surface area contributed by atoms with Gasteiger partial charge in [0.1, 0.15) is 0 Å². The van der Waals surface area contributed by atoms with E-state index >= 15 is 0 Å². The summed E-state index contributed by atoms with van der Waals surface area (Å²) in [7, 11) is 0. The highest BCUT2D eigenvalue weighted by atomic mass is 16.1. The van der Waals surface area contributed by atoms with Crippen LogP contribution in [0.25, 0.3) is 12.2 Å². The molecule has 0 heterocycles. The molecule has 0 saturated heterocycles. The third-order valence-corrected chi connectivity index (χ3v) is 2.53. The van der Waals surface area contributed by atoms with E-state index in [2.05, 4.69) is 5.32 Å². The second-order valence-electron chi connectivity index (χ2n) is 4.00. The van der Waals surface area contributed by atoms with Gasteiger partial charge in [-0.1, -0.05) is 60.7 Å². The summed E-state index contributed by atoms with van der Waals surface area (Å²) in [6.45, 7) is 0. The summed E-state index contributed by atoms with van der Waals surface area (Å²) in [5.41, 5.74) is 2.06. The van der Waals surface area contributed by atoms with E-state index in [0.29, 0.717) is 0 Å². The quantitative estimate of drug-likeness (QED) is 0.826. The van der Waals surface area contributed by atoms with Gasteiger partial charge in [0.25, 0.3) is 0 Å². The molecule has 0 aliphatic heterocycles. The van der Waals surface area contributed by atoms with Gasteiger partial charge in [0, 0.05) is 12.3 Å². The molecule has 0 aliphatic rings. The van der Waals surface area contributed by atoms with Gasteiger partial charge in [-0.3, -0.25) is 4.79 Å². The second-order valence-corrected chi connectivity index (χ2v) is 4.00. The molecule has 2 aromatic carbocycles. The molecule has 1 amide bonds. The van der Waals surface area contributed by atoms with Gasteiger partial charge in [0.05, 0.1) is 0 Å². The molecule has 0 spiro atoms. The van der Waals surface area contributed by atoms with Crippen molar-refractivity contribution in [1.82, 2.24) is 5.32 Å². The number of benzene rings is 2. The highest BCUT2D eigenvalue weighted by Crippen LogP contribution is 2.01. The highest BCUT2D eigenvalue weighted by Gasteiger charge is 1.91. The molecular weight excluding hydrogens is 234 g/mol. The number of hydrogen-bond donors (Lipinski definition) is 1. The van der Waals surface area contributed by atoms with Crippen LogP contribution in [0.5, 0.6) is 0 Å². The number of nitrogens with one attached hydrogen (secondary N) is 1. The first-order valence-corrected chi connectivity index (χ1v) is 6.10. The Morgan fingerprint density at radius 2 is 1.32 bits per heavy atom. The third-order valence-electron chi connectivity index (χ3n) is 2.53. The summed E-state index contributed by atoms with van der Waals surface area (Å²) >= 11 is 0. The van der Waals surface area contributed by atoms with Gasteiger partial charge in [-0.05, 0) is 23.3 Å². The minimum absolute atomic E-state index is 0.143. The fraction of sp³-hybridized carbons (Fsp3) is 0. The monoisotopic (exact) mass is 249 g/mol. The standard InChI is InChI=1S/C17H15NO/c19-17(12-11-15-7-3-1-4-8-15)18-14-13-16-9-5-2-6-10-16/h1-14H,(H,18,19)/b12-11+,14-13?. The van der Waals surface area contributed by atoms with Gasteiger partial charge < -0.3 is 5.32 Å². The molecule has 19 heavy (non-hydrogen) atoms. The highest BCUT2D eigenvalue weighted by molar-refractivity contribution is 5.92. The Morgan fingerprint density at radius 3 is 1.89 bits per heavy atom. The average Bonchev–Trinajstić information content (AvgIpc) is 2.47. The lowest BCUT2D eigenvalue weighted by Gasteiger charge is -1.95. The summed E-state index contributed by atoms with van der Waals surface area (Å²) in [5, 5.41) is 2.70. The van der Waals surface area contributed by atoms with Gasteiger partial charge in [-0.2, -0.15) is 0 Å². The van der Waals surface area contributed by atoms with Crippen LogP contribution in [0, 0.1) is 0 Å². The molecule has 94 valence electrons. The van der Waals surface area contributed by atoms with E-state index in [-0.39, 0.29) is 5.91 Å². The Morgan fingerprint density at radius 1 is 0.789 bits per heavy atom. The van der Waals surface area contributed by atoms with Crippen LogP contribution in [-0.2, 0) is 4.79 Å². The molecule has 0 fully saturated rings. The zero-order chi connectivity index (χ0) is 13.3. The minimum Gasteiger partial charge on any atom is -0.329 e. The van der Waals surface area contributed by atoms with E-state index in [1.54, 1.807) is 12.3 Å². The molecule has 0 aromatic heterocycles. The zero-order valence-corrected chi connectivity index (χ0v) is 10.5. The van der Waals surface area contributed by atoms with Crippen LogP contribution in [0.1, 0.15) is 11.1 Å². The molecule has 2 nitrogen and oxygen atoms in total. The first-order valence-electron chi connectivity index (χ1n) is 6.10. The molecule has 1 N–H and O–H groups in total. The Kier molecular flexibility index (Phi) is 4.71. The normalized spacial score (nSPS) is 10.9. The maximum Gasteiger partial charge on any atom is 0.247 e. The van der Waals surface area contributed by atoms with Crippen molar-refractivity contribution in [2.24, 2.45) is 0 Å². The first-order chi connectivity index (χ1) is 9.34. The van der Waals surface area contributed by atoms with Crippen LogP contribution in [0.2, 0.25) is 0 Å². The second kappa shape index (κ2) is 6.97. The maximum atomic E-state index is 11.6. The number of amides is 1. The molecule has 2 rings (SSSR count). The lowest BCUT2D eigenvalue weighted by atomic mass is 10.2. The number of rotatable bonds is 4. The minimum atomic E-state index is -0.143. The maximum absolute atomic E-state index is 11.6. The van der Waals surface area contributed by atoms with Crippen LogP contribution in [-0.4, -0.2) is 5.91 Å². The van der Waals surface area contributed by atoms with E-state index < -0.39 is 0 Å². The Bertz CT molecular complexity index is 571. The van der Waals surface area contributed by atoms with E-state index in [4.69, 9.17) is 0 Å². The fourth-order valence-corrected chi connectivity index (χ4v) is 1.57. The molecular formula is C17H15NO. The van der Waals surface area contributed by atoms with Gasteiger partial charge in [0.15, 0.2) is 0 Å².